The summed E-state index contributed by atoms with van der Waals surface area (Å²) in [5.74, 6) is -0.119. The number of aromatic nitrogens is 3. The molecule has 182 valence electrons. The van der Waals surface area contributed by atoms with Gasteiger partial charge in [-0.3, -0.25) is 9.67 Å². The highest BCUT2D eigenvalue weighted by Gasteiger charge is 2.31. The van der Waals surface area contributed by atoms with Crippen molar-refractivity contribution in [3.8, 4) is 11.5 Å². The van der Waals surface area contributed by atoms with Crippen LogP contribution in [-0.2, 0) is 11.3 Å². The van der Waals surface area contributed by atoms with E-state index in [-0.39, 0.29) is 28.8 Å². The van der Waals surface area contributed by atoms with Crippen LogP contribution in [0.2, 0.25) is 5.02 Å². The van der Waals surface area contributed by atoms with E-state index in [0.717, 1.165) is 31.2 Å². The number of fused-ring (bicyclic) bond motifs is 1. The molecule has 0 amide bonds. The maximum absolute atomic E-state index is 11.6. The number of nitrogens with zero attached hydrogens (tertiary/aromatic N) is 3. The van der Waals surface area contributed by atoms with Crippen LogP contribution in [0.5, 0.6) is 11.5 Å². The van der Waals surface area contributed by atoms with Gasteiger partial charge in [0.1, 0.15) is 34.7 Å². The molecule has 0 radical (unpaired) electrons. The number of pyridine rings is 1. The molecule has 34 heavy (non-hydrogen) atoms. The molecule has 0 spiro atoms. The standard InChI is InChI=1S/C24H28ClN3O6/c1-13-18(32-2)10-16(20(25)23(13)33-3)22(29)19(34-14-6-4-5-7-14)12-28-11-17-21(27-28)15(24(30)31)8-9-26-17/h8-11,14,19,22,29H,4-7,12H2,1-3H3,(H,30,31). The molecule has 1 aromatic carbocycles. The van der Waals surface area contributed by atoms with Gasteiger partial charge in [0.05, 0.1) is 43.7 Å². The van der Waals surface area contributed by atoms with Crippen molar-refractivity contribution in [1.29, 1.82) is 0 Å². The van der Waals surface area contributed by atoms with Crippen molar-refractivity contribution in [1.82, 2.24) is 14.8 Å². The van der Waals surface area contributed by atoms with Crippen LogP contribution >= 0.6 is 11.6 Å². The molecule has 4 rings (SSSR count). The number of carboxylic acid groups (broad SMARTS) is 1. The second-order valence-electron chi connectivity index (χ2n) is 8.41. The van der Waals surface area contributed by atoms with Crippen LogP contribution in [0.4, 0.5) is 0 Å². The zero-order valence-electron chi connectivity index (χ0n) is 19.3. The number of ether oxygens (including phenoxy) is 3. The van der Waals surface area contributed by atoms with Crippen molar-refractivity contribution in [2.75, 3.05) is 14.2 Å². The normalized spacial score (nSPS) is 16.0. The van der Waals surface area contributed by atoms with Gasteiger partial charge in [0.25, 0.3) is 0 Å². The van der Waals surface area contributed by atoms with Crippen LogP contribution in [0, 0.1) is 6.92 Å². The minimum Gasteiger partial charge on any atom is -0.496 e. The van der Waals surface area contributed by atoms with Crippen molar-refractivity contribution >= 4 is 28.6 Å². The predicted octanol–water partition coefficient (Wildman–Crippen LogP) is 4.17. The Bertz CT molecular complexity index is 1190. The van der Waals surface area contributed by atoms with Crippen LogP contribution in [0.1, 0.15) is 53.3 Å². The molecular formula is C24H28ClN3O6. The number of carbonyl (C=O) groups is 1. The molecule has 2 unspecified atom stereocenters. The van der Waals surface area contributed by atoms with E-state index in [4.69, 9.17) is 25.8 Å². The Kier molecular flexibility index (Phi) is 7.25. The Morgan fingerprint density at radius 3 is 2.68 bits per heavy atom. The van der Waals surface area contributed by atoms with Crippen LogP contribution < -0.4 is 9.47 Å². The summed E-state index contributed by atoms with van der Waals surface area (Å²) < 4.78 is 18.8. The zero-order valence-corrected chi connectivity index (χ0v) is 20.1. The molecule has 0 saturated heterocycles. The number of aliphatic hydroxyl groups is 1. The van der Waals surface area contributed by atoms with Gasteiger partial charge >= 0.3 is 5.97 Å². The van der Waals surface area contributed by atoms with Gasteiger partial charge in [-0.1, -0.05) is 24.4 Å². The Morgan fingerprint density at radius 2 is 2.03 bits per heavy atom. The van der Waals surface area contributed by atoms with Gasteiger partial charge in [0.2, 0.25) is 0 Å². The minimum absolute atomic E-state index is 0.00495. The number of aliphatic hydroxyl groups excluding tert-OH is 1. The largest absolute Gasteiger partial charge is 0.496 e. The SMILES string of the molecule is COc1cc(C(O)C(Cn2cc3nccc(C(=O)O)c3n2)OC2CCCC2)c(Cl)c(OC)c1C. The average Bonchev–Trinajstić information content (AvgIpc) is 3.47. The van der Waals surface area contributed by atoms with Crippen molar-refractivity contribution in [3.05, 3.63) is 46.2 Å². The van der Waals surface area contributed by atoms with Crippen LogP contribution in [0.25, 0.3) is 11.0 Å². The first-order valence-corrected chi connectivity index (χ1v) is 11.5. The monoisotopic (exact) mass is 489 g/mol. The predicted molar refractivity (Wildman–Crippen MR) is 126 cm³/mol. The van der Waals surface area contributed by atoms with Gasteiger partial charge < -0.3 is 24.4 Å². The maximum Gasteiger partial charge on any atom is 0.338 e. The Labute approximate surface area is 202 Å². The van der Waals surface area contributed by atoms with E-state index in [1.807, 2.05) is 6.92 Å². The quantitative estimate of drug-likeness (QED) is 0.460. The van der Waals surface area contributed by atoms with Gasteiger partial charge in [0.15, 0.2) is 0 Å². The van der Waals surface area contributed by atoms with E-state index in [1.54, 1.807) is 24.1 Å². The summed E-state index contributed by atoms with van der Waals surface area (Å²) in [6.45, 7) is 2.00. The molecule has 0 bridgehead atoms. The lowest BCUT2D eigenvalue weighted by molar-refractivity contribution is -0.0844. The molecule has 2 atom stereocenters. The summed E-state index contributed by atoms with van der Waals surface area (Å²) in [6, 6.07) is 3.10. The van der Waals surface area contributed by atoms with Gasteiger partial charge in [-0.2, -0.15) is 5.10 Å². The summed E-state index contributed by atoms with van der Waals surface area (Å²) in [6.07, 6.45) is 5.21. The summed E-state index contributed by atoms with van der Waals surface area (Å²) in [4.78, 5) is 15.8. The molecule has 10 heteroatoms. The highest BCUT2D eigenvalue weighted by molar-refractivity contribution is 6.33. The molecular weight excluding hydrogens is 462 g/mol. The third-order valence-corrected chi connectivity index (χ3v) is 6.65. The fraction of sp³-hybridized carbons (Fsp3) is 0.458. The molecule has 1 aliphatic carbocycles. The van der Waals surface area contributed by atoms with Gasteiger partial charge in [-0.05, 0) is 31.9 Å². The summed E-state index contributed by atoms with van der Waals surface area (Å²) in [7, 11) is 3.05. The Balaban J connectivity index is 1.72. The second-order valence-corrected chi connectivity index (χ2v) is 8.79. The lowest BCUT2D eigenvalue weighted by atomic mass is 10.0. The van der Waals surface area contributed by atoms with E-state index in [9.17, 15) is 15.0 Å². The Hall–Kier alpha value is -2.88. The number of benzene rings is 1. The lowest BCUT2D eigenvalue weighted by Crippen LogP contribution is -2.31. The van der Waals surface area contributed by atoms with Crippen LogP contribution in [0.3, 0.4) is 0 Å². The van der Waals surface area contributed by atoms with Crippen molar-refractivity contribution < 1.29 is 29.2 Å². The topological polar surface area (TPSA) is 116 Å². The molecule has 2 aromatic heterocycles. The molecule has 9 nitrogen and oxygen atoms in total. The fourth-order valence-electron chi connectivity index (χ4n) is 4.50. The number of hydrogen-bond donors (Lipinski definition) is 2. The molecule has 2 N–H and O–H groups in total. The summed E-state index contributed by atoms with van der Waals surface area (Å²) in [5, 5.41) is 25.6. The summed E-state index contributed by atoms with van der Waals surface area (Å²) in [5.41, 5.74) is 1.94. The second kappa shape index (κ2) is 10.2. The van der Waals surface area contributed by atoms with Gasteiger partial charge in [-0.25, -0.2) is 4.79 Å². The van der Waals surface area contributed by atoms with E-state index < -0.39 is 18.2 Å². The highest BCUT2D eigenvalue weighted by Crippen LogP contribution is 2.42. The maximum atomic E-state index is 11.6. The van der Waals surface area contributed by atoms with E-state index in [0.29, 0.717) is 22.6 Å². The van der Waals surface area contributed by atoms with E-state index in [1.165, 1.54) is 19.4 Å². The number of methoxy groups -OCH3 is 2. The number of halogens is 1. The van der Waals surface area contributed by atoms with Crippen molar-refractivity contribution in [3.63, 3.8) is 0 Å². The molecule has 1 saturated carbocycles. The first-order valence-electron chi connectivity index (χ1n) is 11.1. The van der Waals surface area contributed by atoms with Crippen LogP contribution in [0.15, 0.2) is 24.5 Å². The number of carboxylic acids is 1. The smallest absolute Gasteiger partial charge is 0.338 e. The number of aromatic carboxylic acids is 1. The first-order chi connectivity index (χ1) is 16.3. The number of hydrogen-bond acceptors (Lipinski definition) is 7. The molecule has 2 heterocycles. The molecule has 0 aliphatic heterocycles. The molecule has 1 fully saturated rings. The molecule has 1 aliphatic rings. The van der Waals surface area contributed by atoms with E-state index >= 15 is 0 Å². The minimum atomic E-state index is -1.12. The fourth-order valence-corrected chi connectivity index (χ4v) is 4.88. The van der Waals surface area contributed by atoms with Crippen molar-refractivity contribution in [2.24, 2.45) is 0 Å². The Morgan fingerprint density at radius 1 is 1.29 bits per heavy atom. The van der Waals surface area contributed by atoms with Gasteiger partial charge in [-0.15, -0.1) is 0 Å². The molecule has 3 aromatic rings. The first kappa shape index (κ1) is 24.3. The number of rotatable bonds is 9. The third kappa shape index (κ3) is 4.68. The highest BCUT2D eigenvalue weighted by atomic mass is 35.5. The van der Waals surface area contributed by atoms with Crippen molar-refractivity contribution in [2.45, 2.75) is 57.5 Å². The zero-order chi connectivity index (χ0) is 24.4. The average molecular weight is 490 g/mol. The summed E-state index contributed by atoms with van der Waals surface area (Å²) >= 11 is 6.63. The van der Waals surface area contributed by atoms with Gasteiger partial charge in [0, 0.05) is 17.3 Å². The lowest BCUT2D eigenvalue weighted by Gasteiger charge is -2.28. The third-order valence-electron chi connectivity index (χ3n) is 6.26. The van der Waals surface area contributed by atoms with E-state index in [2.05, 4.69) is 10.1 Å². The van der Waals surface area contributed by atoms with Crippen LogP contribution in [-0.4, -0.2) is 57.4 Å².